The molecular formula is CH2Cl2N2OZr. The van der Waals surface area contributed by atoms with Crippen LogP contribution in [-0.4, -0.2) is 6.03 Å². The number of halogens is 2. The zero-order chi connectivity index (χ0) is 4.99. The van der Waals surface area contributed by atoms with Crippen molar-refractivity contribution in [2.45, 2.75) is 0 Å². The summed E-state index contributed by atoms with van der Waals surface area (Å²) in [5, 5.41) is 0. The van der Waals surface area contributed by atoms with Crippen LogP contribution in [-0.2, 0) is 26.2 Å². The summed E-state index contributed by atoms with van der Waals surface area (Å²) in [7, 11) is 0. The molecule has 2 N–H and O–H groups in total. The van der Waals surface area contributed by atoms with Gasteiger partial charge in [0.25, 0.3) is 0 Å². The van der Waals surface area contributed by atoms with Gasteiger partial charge in [-0.2, -0.15) is 0 Å². The molecule has 7 heavy (non-hydrogen) atoms. The summed E-state index contributed by atoms with van der Waals surface area (Å²) in [6.07, 6.45) is 0. The largest absolute Gasteiger partial charge is 0.343 e. The molecule has 0 aromatic rings. The third-order valence-corrected chi connectivity index (χ3v) is 0.515. The van der Waals surface area contributed by atoms with Crippen molar-refractivity contribution in [3.8, 4) is 0 Å². The van der Waals surface area contributed by atoms with Crippen molar-refractivity contribution in [1.82, 2.24) is 9.67 Å². The molecule has 0 heterocycles. The third kappa shape index (κ3) is 6.73. The van der Waals surface area contributed by atoms with Crippen LogP contribution in [0.2, 0.25) is 0 Å². The van der Waals surface area contributed by atoms with Crippen molar-refractivity contribution in [3.05, 3.63) is 0 Å². The quantitative estimate of drug-likeness (QED) is 0.576. The van der Waals surface area contributed by atoms with Crippen molar-refractivity contribution in [3.63, 3.8) is 0 Å². The van der Waals surface area contributed by atoms with Gasteiger partial charge < -0.3 is 0 Å². The monoisotopic (exact) mass is 218 g/mol. The van der Waals surface area contributed by atoms with Gasteiger partial charge in [-0.05, 0) is 0 Å². The molecule has 0 aromatic carbocycles. The Balaban J connectivity index is 0. The number of carbonyl (C=O) groups excluding carboxylic acids is 1. The molecule has 0 aromatic heterocycles. The fourth-order valence-electron chi connectivity index (χ4n) is 0.0179. The van der Waals surface area contributed by atoms with Gasteiger partial charge >= 0.3 is 6.03 Å². The molecule has 0 bridgehead atoms. The van der Waals surface area contributed by atoms with Crippen molar-refractivity contribution >= 4 is 29.6 Å². The minimum Gasteiger partial charge on any atom is -0.249 e. The standard InChI is InChI=1S/CH2Cl2N2O.Zr/c2-4-1(6)5-3;/h(H2,4,5,6);. The number of urea groups is 1. The first-order valence-corrected chi connectivity index (χ1v) is 1.84. The molecule has 0 rings (SSSR count). The van der Waals surface area contributed by atoms with Crippen molar-refractivity contribution in [2.75, 3.05) is 0 Å². The molecule has 3 nitrogen and oxygen atoms in total. The van der Waals surface area contributed by atoms with Gasteiger partial charge in [0.05, 0.1) is 0 Å². The topological polar surface area (TPSA) is 41.1 Å². The molecule has 2 amide bonds. The first-order valence-electron chi connectivity index (χ1n) is 1.08. The Bertz CT molecular complexity index is 53.7. The summed E-state index contributed by atoms with van der Waals surface area (Å²) in [6.45, 7) is 0. The summed E-state index contributed by atoms with van der Waals surface area (Å²) in [4.78, 5) is 13.1. The Morgan fingerprint density at radius 1 is 1.29 bits per heavy atom. The maximum absolute atomic E-state index is 9.69. The minimum absolute atomic E-state index is 0. The average Bonchev–Trinajstić information content (AvgIpc) is 1.65. The number of carbonyl (C=O) groups is 1. The van der Waals surface area contributed by atoms with E-state index in [4.69, 9.17) is 23.6 Å². The van der Waals surface area contributed by atoms with Crippen LogP contribution >= 0.6 is 23.6 Å². The van der Waals surface area contributed by atoms with Crippen molar-refractivity contribution < 1.29 is 31.0 Å². The molecule has 0 aliphatic heterocycles. The molecule has 0 spiro atoms. The Morgan fingerprint density at radius 3 is 1.57 bits per heavy atom. The second-order valence-corrected chi connectivity index (χ2v) is 0.896. The molecule has 0 radical (unpaired) electrons. The van der Waals surface area contributed by atoms with Gasteiger partial charge in [0.15, 0.2) is 0 Å². The third-order valence-electron chi connectivity index (χ3n) is 0.172. The van der Waals surface area contributed by atoms with Gasteiger partial charge in [-0.15, -0.1) is 0 Å². The molecule has 6 heteroatoms. The first-order chi connectivity index (χ1) is 2.81. The van der Waals surface area contributed by atoms with Gasteiger partial charge in [-0.25, -0.2) is 14.5 Å². The van der Waals surface area contributed by atoms with E-state index in [0.717, 1.165) is 0 Å². The number of nitrogens with one attached hydrogen (secondary N) is 2. The maximum Gasteiger partial charge on any atom is 0.343 e. The van der Waals surface area contributed by atoms with Crippen LogP contribution in [0.4, 0.5) is 4.79 Å². The van der Waals surface area contributed by atoms with E-state index < -0.39 is 6.03 Å². The Labute approximate surface area is 70.1 Å². The predicted octanol–water partition coefficient (Wildman–Crippen LogP) is 0.591. The van der Waals surface area contributed by atoms with Crippen molar-refractivity contribution in [1.29, 1.82) is 0 Å². The SMILES string of the molecule is O=C(NCl)NCl.[Zr]. The average molecular weight is 220 g/mol. The molecule has 40 valence electrons. The number of hydrogen-bond donors (Lipinski definition) is 2. The molecule has 0 atom stereocenters. The summed E-state index contributed by atoms with van der Waals surface area (Å²) in [5.74, 6) is 0. The molecule has 0 unspecified atom stereocenters. The zero-order valence-corrected chi connectivity index (χ0v) is 7.13. The van der Waals surface area contributed by atoms with Crippen LogP contribution in [0.1, 0.15) is 0 Å². The van der Waals surface area contributed by atoms with Crippen LogP contribution in [0.3, 0.4) is 0 Å². The second-order valence-electron chi connectivity index (χ2n) is 0.518. The van der Waals surface area contributed by atoms with Gasteiger partial charge in [0, 0.05) is 49.8 Å². The summed E-state index contributed by atoms with van der Waals surface area (Å²) >= 11 is 9.41. The molecule has 0 aliphatic rings. The maximum atomic E-state index is 9.69. The summed E-state index contributed by atoms with van der Waals surface area (Å²) < 4.78 is 0. The van der Waals surface area contributed by atoms with E-state index in [1.54, 1.807) is 9.67 Å². The van der Waals surface area contributed by atoms with Crippen LogP contribution < -0.4 is 9.67 Å². The van der Waals surface area contributed by atoms with Gasteiger partial charge in [-0.3, -0.25) is 0 Å². The fraction of sp³-hybridized carbons (Fsp3) is 0. The van der Waals surface area contributed by atoms with E-state index >= 15 is 0 Å². The Kier molecular flexibility index (Phi) is 10.3. The minimum atomic E-state index is -0.627. The predicted molar refractivity (Wildman–Crippen MR) is 23.4 cm³/mol. The normalized spacial score (nSPS) is 6.00. The van der Waals surface area contributed by atoms with Gasteiger partial charge in [-0.1, -0.05) is 0 Å². The van der Waals surface area contributed by atoms with Crippen LogP contribution in [0, 0.1) is 0 Å². The number of amides is 2. The van der Waals surface area contributed by atoms with Gasteiger partial charge in [0.2, 0.25) is 0 Å². The van der Waals surface area contributed by atoms with E-state index in [-0.39, 0.29) is 26.2 Å². The zero-order valence-electron chi connectivity index (χ0n) is 3.16. The number of hydrogen-bond acceptors (Lipinski definition) is 1. The fourth-order valence-corrected chi connectivity index (χ4v) is 0.161. The van der Waals surface area contributed by atoms with Gasteiger partial charge in [0.1, 0.15) is 0 Å². The number of rotatable bonds is 0. The van der Waals surface area contributed by atoms with Crippen molar-refractivity contribution in [2.24, 2.45) is 0 Å². The smallest absolute Gasteiger partial charge is 0.249 e. The van der Waals surface area contributed by atoms with E-state index in [1.165, 1.54) is 0 Å². The molecule has 0 saturated carbocycles. The van der Waals surface area contributed by atoms with E-state index in [9.17, 15) is 4.79 Å². The molecule has 0 fully saturated rings. The van der Waals surface area contributed by atoms with E-state index in [0.29, 0.717) is 0 Å². The van der Waals surface area contributed by atoms with Crippen LogP contribution in [0.25, 0.3) is 0 Å². The second kappa shape index (κ2) is 6.73. The van der Waals surface area contributed by atoms with Crippen LogP contribution in [0.5, 0.6) is 0 Å². The Morgan fingerprint density at radius 2 is 1.57 bits per heavy atom. The Hall–Kier alpha value is 0.733. The molecular weight excluding hydrogens is 218 g/mol. The van der Waals surface area contributed by atoms with E-state index in [2.05, 4.69) is 0 Å². The summed E-state index contributed by atoms with van der Waals surface area (Å²) in [6, 6.07) is -0.627. The van der Waals surface area contributed by atoms with E-state index in [1.807, 2.05) is 0 Å². The van der Waals surface area contributed by atoms with Crippen LogP contribution in [0.15, 0.2) is 0 Å². The first kappa shape index (κ1) is 10.7. The summed E-state index contributed by atoms with van der Waals surface area (Å²) in [5.41, 5.74) is 0. The molecule has 0 aliphatic carbocycles. The molecule has 0 saturated heterocycles.